The molecule has 0 rings (SSSR count). The van der Waals surface area contributed by atoms with Crippen LogP contribution in [-0.4, -0.2) is 17.9 Å². The van der Waals surface area contributed by atoms with Crippen LogP contribution in [-0.2, 0) is 16.3 Å². The van der Waals surface area contributed by atoms with Gasteiger partial charge in [-0.25, -0.2) is 0 Å². The first-order chi connectivity index (χ1) is 6.33. The first-order valence-electron chi connectivity index (χ1n) is 4.43. The third-order valence-electron chi connectivity index (χ3n) is 1.18. The molecule has 2 nitrogen and oxygen atoms in total. The number of nitrogens with one attached hydrogen (secondary N) is 1. The van der Waals surface area contributed by atoms with Gasteiger partial charge in [0.15, 0.2) is 0 Å². The van der Waals surface area contributed by atoms with Crippen LogP contribution in [0.3, 0.4) is 0 Å². The van der Waals surface area contributed by atoms with Gasteiger partial charge in [0.1, 0.15) is 0 Å². The Balaban J connectivity index is 4.23. The maximum atomic E-state index is 5.55. The van der Waals surface area contributed by atoms with Gasteiger partial charge in [-0.2, -0.15) is 0 Å². The third-order valence-corrected chi connectivity index (χ3v) is 7.47. The Morgan fingerprint density at radius 2 is 2.07 bits per heavy atom. The Morgan fingerprint density at radius 1 is 1.50 bits per heavy atom. The summed E-state index contributed by atoms with van der Waals surface area (Å²) < 4.78 is 5.55. The number of hydrogen-bond donors (Lipinski definition) is 1. The maximum absolute atomic E-state index is 5.55. The minimum absolute atomic E-state index is 0.259. The van der Waals surface area contributed by atoms with E-state index in [0.717, 1.165) is 5.75 Å². The molecule has 0 saturated heterocycles. The van der Waals surface area contributed by atoms with Gasteiger partial charge in [-0.05, 0) is 24.1 Å². The van der Waals surface area contributed by atoms with Crippen LogP contribution in [0.15, 0.2) is 0 Å². The highest BCUT2D eigenvalue weighted by Crippen LogP contribution is 2.57. The fraction of sp³-hybridized carbons (Fsp3) is 0.875. The van der Waals surface area contributed by atoms with Gasteiger partial charge in [-0.15, -0.1) is 0 Å². The summed E-state index contributed by atoms with van der Waals surface area (Å²) in [7, 11) is 0. The molecular weight excluding hydrogens is 253 g/mol. The molecule has 1 atom stereocenters. The third kappa shape index (κ3) is 7.18. The van der Waals surface area contributed by atoms with Gasteiger partial charge in [0, 0.05) is 5.75 Å². The largest absolute Gasteiger partial charge is 0.327 e. The maximum Gasteiger partial charge on any atom is 0.210 e. The van der Waals surface area contributed by atoms with Crippen molar-refractivity contribution in [1.29, 1.82) is 0 Å². The Morgan fingerprint density at radius 3 is 2.43 bits per heavy atom. The van der Waals surface area contributed by atoms with Gasteiger partial charge < -0.3 is 9.61 Å². The summed E-state index contributed by atoms with van der Waals surface area (Å²) >= 11 is 11.8. The standard InChI is InChI=1S/C8H18NOPS3/c1-5-10-11(13,9-7-12)14-6-8(2,3)4/h7H,5-6H2,1-4H3,(H,9,12,13). The number of rotatable bonds is 6. The lowest BCUT2D eigenvalue weighted by Gasteiger charge is -2.24. The molecular formula is C8H18NOPS3. The summed E-state index contributed by atoms with van der Waals surface area (Å²) in [6.45, 7) is 9.13. The van der Waals surface area contributed by atoms with E-state index in [-0.39, 0.29) is 5.41 Å². The first kappa shape index (κ1) is 14.8. The van der Waals surface area contributed by atoms with Crippen LogP contribution in [0.2, 0.25) is 0 Å². The van der Waals surface area contributed by atoms with Gasteiger partial charge in [-0.1, -0.05) is 44.4 Å². The zero-order valence-corrected chi connectivity index (χ0v) is 12.4. The van der Waals surface area contributed by atoms with E-state index in [0.29, 0.717) is 6.61 Å². The fourth-order valence-electron chi connectivity index (χ4n) is 0.625. The number of thiocarbonyl (C=S) groups is 1. The Labute approximate surface area is 101 Å². The van der Waals surface area contributed by atoms with Crippen molar-refractivity contribution < 1.29 is 4.52 Å². The second-order valence-electron chi connectivity index (χ2n) is 4.00. The molecule has 1 unspecified atom stereocenters. The molecule has 0 fully saturated rings. The monoisotopic (exact) mass is 271 g/mol. The van der Waals surface area contributed by atoms with Crippen molar-refractivity contribution in [2.45, 2.75) is 27.7 Å². The molecule has 0 radical (unpaired) electrons. The molecule has 0 aliphatic heterocycles. The highest BCUT2D eigenvalue weighted by Gasteiger charge is 2.20. The van der Waals surface area contributed by atoms with Crippen molar-refractivity contribution in [2.75, 3.05) is 12.4 Å². The van der Waals surface area contributed by atoms with Crippen molar-refractivity contribution in [3.05, 3.63) is 0 Å². The van der Waals surface area contributed by atoms with E-state index in [2.05, 4.69) is 25.9 Å². The molecule has 0 aromatic carbocycles. The van der Waals surface area contributed by atoms with Crippen molar-refractivity contribution in [3.8, 4) is 0 Å². The van der Waals surface area contributed by atoms with E-state index in [1.54, 1.807) is 11.4 Å². The summed E-state index contributed by atoms with van der Waals surface area (Å²) in [6, 6.07) is 0. The van der Waals surface area contributed by atoms with Crippen LogP contribution in [0.1, 0.15) is 27.7 Å². The highest BCUT2D eigenvalue weighted by atomic mass is 32.9. The van der Waals surface area contributed by atoms with Crippen LogP contribution in [0.4, 0.5) is 0 Å². The van der Waals surface area contributed by atoms with Crippen LogP contribution >= 0.6 is 29.2 Å². The van der Waals surface area contributed by atoms with Gasteiger partial charge in [0.2, 0.25) is 5.62 Å². The predicted molar refractivity (Wildman–Crippen MR) is 74.6 cm³/mol. The van der Waals surface area contributed by atoms with E-state index in [1.807, 2.05) is 6.92 Å². The minimum atomic E-state index is -1.98. The molecule has 0 saturated carbocycles. The predicted octanol–water partition coefficient (Wildman–Crippen LogP) is 3.57. The SMILES string of the molecule is CCOP(=S)(NC=S)SCC(C)(C)C. The molecule has 0 aromatic heterocycles. The average Bonchev–Trinajstić information content (AvgIpc) is 2.01. The van der Waals surface area contributed by atoms with Crippen LogP contribution in [0.5, 0.6) is 0 Å². The lowest BCUT2D eigenvalue weighted by atomic mass is 10.0. The fourth-order valence-corrected chi connectivity index (χ4v) is 6.26. The summed E-state index contributed by atoms with van der Waals surface area (Å²) in [5, 5.41) is 2.99. The van der Waals surface area contributed by atoms with Gasteiger partial charge in [-0.3, -0.25) is 0 Å². The topological polar surface area (TPSA) is 21.3 Å². The van der Waals surface area contributed by atoms with Gasteiger partial charge >= 0.3 is 0 Å². The highest BCUT2D eigenvalue weighted by molar-refractivity contribution is 8.69. The van der Waals surface area contributed by atoms with Crippen molar-refractivity contribution in [2.24, 2.45) is 5.41 Å². The zero-order chi connectivity index (χ0) is 11.2. The Hall–Kier alpha value is 0.850. The van der Waals surface area contributed by atoms with E-state index < -0.39 is 5.62 Å². The smallest absolute Gasteiger partial charge is 0.210 e. The van der Waals surface area contributed by atoms with E-state index in [1.165, 1.54) is 5.49 Å². The summed E-state index contributed by atoms with van der Waals surface area (Å²) in [5.74, 6) is 0.973. The molecule has 0 amide bonds. The molecule has 0 bridgehead atoms. The second-order valence-corrected chi connectivity index (χ2v) is 10.8. The van der Waals surface area contributed by atoms with E-state index in [4.69, 9.17) is 28.5 Å². The van der Waals surface area contributed by atoms with Crippen molar-refractivity contribution in [3.63, 3.8) is 0 Å². The Bertz CT molecular complexity index is 227. The van der Waals surface area contributed by atoms with Crippen molar-refractivity contribution >= 4 is 46.5 Å². The Kier molecular flexibility index (Phi) is 6.83. The summed E-state index contributed by atoms with van der Waals surface area (Å²) in [6.07, 6.45) is 0. The van der Waals surface area contributed by atoms with Crippen LogP contribution in [0, 0.1) is 5.41 Å². The average molecular weight is 271 g/mol. The lowest BCUT2D eigenvalue weighted by molar-refractivity contribution is 0.382. The molecule has 0 heterocycles. The first-order valence-corrected chi connectivity index (χ1v) is 9.22. The van der Waals surface area contributed by atoms with Crippen LogP contribution in [0.25, 0.3) is 0 Å². The molecule has 0 spiro atoms. The van der Waals surface area contributed by atoms with E-state index in [9.17, 15) is 0 Å². The lowest BCUT2D eigenvalue weighted by Crippen LogP contribution is -2.12. The zero-order valence-electron chi connectivity index (χ0n) is 9.07. The molecule has 1 N–H and O–H groups in total. The van der Waals surface area contributed by atoms with Crippen LogP contribution < -0.4 is 5.09 Å². The van der Waals surface area contributed by atoms with Gasteiger partial charge in [0.25, 0.3) is 0 Å². The molecule has 0 aliphatic rings. The quantitative estimate of drug-likeness (QED) is 0.587. The molecule has 84 valence electrons. The van der Waals surface area contributed by atoms with Gasteiger partial charge in [0.05, 0.1) is 12.1 Å². The minimum Gasteiger partial charge on any atom is -0.327 e. The molecule has 0 aliphatic carbocycles. The molecule has 14 heavy (non-hydrogen) atoms. The molecule has 6 heteroatoms. The summed E-state index contributed by atoms with van der Waals surface area (Å²) in [4.78, 5) is 0. The summed E-state index contributed by atoms with van der Waals surface area (Å²) in [5.41, 5.74) is -0.252. The van der Waals surface area contributed by atoms with Crippen molar-refractivity contribution in [1.82, 2.24) is 5.09 Å². The molecule has 0 aromatic rings. The van der Waals surface area contributed by atoms with E-state index >= 15 is 0 Å². The number of hydrogen-bond acceptors (Lipinski definition) is 4. The normalized spacial score (nSPS) is 16.0. The second kappa shape index (κ2) is 6.44.